The van der Waals surface area contributed by atoms with Gasteiger partial charge in [0.2, 0.25) is 0 Å². The molecule has 0 heterocycles. The molecule has 0 fully saturated rings. The Kier molecular flexibility index (Phi) is 5.73. The highest BCUT2D eigenvalue weighted by Crippen LogP contribution is 2.16. The van der Waals surface area contributed by atoms with Gasteiger partial charge in [0.05, 0.1) is 5.02 Å². The third-order valence-corrected chi connectivity index (χ3v) is 3.51. The molecule has 90 valence electrons. The van der Waals surface area contributed by atoms with Crippen LogP contribution in [0.4, 0.5) is 4.39 Å². The summed E-state index contributed by atoms with van der Waals surface area (Å²) >= 11 is 9.18. The quantitative estimate of drug-likeness (QED) is 0.811. The molecule has 1 N–H and O–H groups in total. The smallest absolute Gasteiger partial charge is 0.141 e. The molecule has 4 heteroatoms. The summed E-state index contributed by atoms with van der Waals surface area (Å²) in [6, 6.07) is 5.22. The Labute approximate surface area is 110 Å². The lowest BCUT2D eigenvalue weighted by Crippen LogP contribution is -2.34. The van der Waals surface area contributed by atoms with Gasteiger partial charge in [-0.2, -0.15) is 0 Å². The Hall–Kier alpha value is -0.120. The van der Waals surface area contributed by atoms with E-state index in [0.717, 1.165) is 10.9 Å². The van der Waals surface area contributed by atoms with E-state index in [9.17, 15) is 4.39 Å². The van der Waals surface area contributed by atoms with Crippen LogP contribution in [0.2, 0.25) is 5.02 Å². The Balaban J connectivity index is 2.57. The van der Waals surface area contributed by atoms with E-state index in [1.165, 1.54) is 6.07 Å². The Bertz CT molecular complexity index is 344. The second-order valence-electron chi connectivity index (χ2n) is 4.13. The van der Waals surface area contributed by atoms with E-state index in [1.807, 2.05) is 0 Å². The molecule has 0 saturated heterocycles. The molecule has 0 spiro atoms. The Morgan fingerprint density at radius 1 is 1.44 bits per heavy atom. The number of hydrogen-bond donors (Lipinski definition) is 1. The standard InChI is InChI=1S/C12H16BrClFN/c1-8(2)12(6-13)16-7-9-3-4-11(15)10(14)5-9/h3-5,8,12,16H,6-7H2,1-2H3. The molecule has 1 unspecified atom stereocenters. The largest absolute Gasteiger partial charge is 0.309 e. The highest BCUT2D eigenvalue weighted by molar-refractivity contribution is 9.09. The maximum absolute atomic E-state index is 12.9. The van der Waals surface area contributed by atoms with Crippen molar-refractivity contribution < 1.29 is 4.39 Å². The van der Waals surface area contributed by atoms with E-state index < -0.39 is 0 Å². The molecule has 0 amide bonds. The molecule has 1 atom stereocenters. The van der Waals surface area contributed by atoms with E-state index in [1.54, 1.807) is 12.1 Å². The number of halogens is 3. The Morgan fingerprint density at radius 3 is 2.62 bits per heavy atom. The summed E-state index contributed by atoms with van der Waals surface area (Å²) < 4.78 is 12.9. The zero-order chi connectivity index (χ0) is 12.1. The van der Waals surface area contributed by atoms with Gasteiger partial charge in [0.15, 0.2) is 0 Å². The summed E-state index contributed by atoms with van der Waals surface area (Å²) in [6.07, 6.45) is 0. The summed E-state index contributed by atoms with van der Waals surface area (Å²) in [6.45, 7) is 5.03. The minimum absolute atomic E-state index is 0.180. The van der Waals surface area contributed by atoms with Crippen LogP contribution in [-0.2, 0) is 6.54 Å². The molecule has 0 aliphatic rings. The van der Waals surface area contributed by atoms with E-state index in [4.69, 9.17) is 11.6 Å². The van der Waals surface area contributed by atoms with Crippen molar-refractivity contribution in [2.45, 2.75) is 26.4 Å². The van der Waals surface area contributed by atoms with Crippen molar-refractivity contribution in [2.24, 2.45) is 5.92 Å². The Morgan fingerprint density at radius 2 is 2.12 bits per heavy atom. The number of benzene rings is 1. The van der Waals surface area contributed by atoms with Crippen LogP contribution in [-0.4, -0.2) is 11.4 Å². The number of alkyl halides is 1. The highest BCUT2D eigenvalue weighted by Gasteiger charge is 2.11. The van der Waals surface area contributed by atoms with Gasteiger partial charge in [-0.1, -0.05) is 47.4 Å². The lowest BCUT2D eigenvalue weighted by molar-refractivity contribution is 0.434. The molecule has 1 rings (SSSR count). The molecular weight excluding hydrogens is 292 g/mol. The van der Waals surface area contributed by atoms with Gasteiger partial charge in [-0.25, -0.2) is 4.39 Å². The molecule has 0 aliphatic carbocycles. The van der Waals surface area contributed by atoms with Crippen molar-refractivity contribution in [1.82, 2.24) is 5.32 Å². The van der Waals surface area contributed by atoms with Crippen LogP contribution in [0.15, 0.2) is 18.2 Å². The first-order valence-corrected chi connectivity index (χ1v) is 6.77. The van der Waals surface area contributed by atoms with Gasteiger partial charge >= 0.3 is 0 Å². The lowest BCUT2D eigenvalue weighted by Gasteiger charge is -2.20. The third-order valence-electron chi connectivity index (χ3n) is 2.52. The summed E-state index contributed by atoms with van der Waals surface area (Å²) in [5.74, 6) is 0.182. The third kappa shape index (κ3) is 4.04. The molecule has 0 saturated carbocycles. The van der Waals surface area contributed by atoms with Gasteiger partial charge in [0.1, 0.15) is 5.82 Å². The maximum atomic E-state index is 12.9. The van der Waals surface area contributed by atoms with Crippen LogP contribution in [0.5, 0.6) is 0 Å². The lowest BCUT2D eigenvalue weighted by atomic mass is 10.1. The van der Waals surface area contributed by atoms with Crippen LogP contribution in [0, 0.1) is 11.7 Å². The second kappa shape index (κ2) is 6.58. The predicted molar refractivity (Wildman–Crippen MR) is 70.7 cm³/mol. The minimum Gasteiger partial charge on any atom is -0.309 e. The van der Waals surface area contributed by atoms with Gasteiger partial charge in [-0.15, -0.1) is 0 Å². The first kappa shape index (κ1) is 13.9. The topological polar surface area (TPSA) is 12.0 Å². The number of nitrogens with one attached hydrogen (secondary N) is 1. The van der Waals surface area contributed by atoms with Crippen LogP contribution < -0.4 is 5.32 Å². The van der Waals surface area contributed by atoms with Crippen LogP contribution >= 0.6 is 27.5 Å². The molecule has 0 radical (unpaired) electrons. The second-order valence-corrected chi connectivity index (χ2v) is 5.19. The van der Waals surface area contributed by atoms with E-state index in [2.05, 4.69) is 35.1 Å². The van der Waals surface area contributed by atoms with Gasteiger partial charge in [0, 0.05) is 17.9 Å². The van der Waals surface area contributed by atoms with E-state index in [-0.39, 0.29) is 10.8 Å². The first-order chi connectivity index (χ1) is 7.54. The van der Waals surface area contributed by atoms with Gasteiger partial charge < -0.3 is 5.32 Å². The molecule has 0 aliphatic heterocycles. The van der Waals surface area contributed by atoms with Crippen molar-refractivity contribution in [3.05, 3.63) is 34.6 Å². The zero-order valence-electron chi connectivity index (χ0n) is 9.43. The summed E-state index contributed by atoms with van der Waals surface area (Å²) in [5.41, 5.74) is 0.998. The summed E-state index contributed by atoms with van der Waals surface area (Å²) in [5, 5.41) is 4.49. The zero-order valence-corrected chi connectivity index (χ0v) is 11.8. The molecule has 1 aromatic carbocycles. The highest BCUT2D eigenvalue weighted by atomic mass is 79.9. The van der Waals surface area contributed by atoms with Crippen LogP contribution in [0.25, 0.3) is 0 Å². The monoisotopic (exact) mass is 307 g/mol. The van der Waals surface area contributed by atoms with Crippen molar-refractivity contribution in [2.75, 3.05) is 5.33 Å². The van der Waals surface area contributed by atoms with Gasteiger partial charge in [-0.05, 0) is 23.6 Å². The van der Waals surface area contributed by atoms with Crippen LogP contribution in [0.3, 0.4) is 0 Å². The molecule has 1 aromatic rings. The average molecular weight is 309 g/mol. The van der Waals surface area contributed by atoms with E-state index >= 15 is 0 Å². The van der Waals surface area contributed by atoms with Crippen molar-refractivity contribution in [3.63, 3.8) is 0 Å². The number of hydrogen-bond acceptors (Lipinski definition) is 1. The molecule has 16 heavy (non-hydrogen) atoms. The van der Waals surface area contributed by atoms with Crippen molar-refractivity contribution in [3.8, 4) is 0 Å². The maximum Gasteiger partial charge on any atom is 0.141 e. The molecule has 1 nitrogen and oxygen atoms in total. The first-order valence-electron chi connectivity index (χ1n) is 5.28. The van der Waals surface area contributed by atoms with Gasteiger partial charge in [0.25, 0.3) is 0 Å². The van der Waals surface area contributed by atoms with Crippen molar-refractivity contribution >= 4 is 27.5 Å². The average Bonchev–Trinajstić information content (AvgIpc) is 2.23. The summed E-state index contributed by atoms with van der Waals surface area (Å²) in [4.78, 5) is 0. The normalized spacial score (nSPS) is 13.1. The molecule has 0 bridgehead atoms. The van der Waals surface area contributed by atoms with E-state index in [0.29, 0.717) is 18.5 Å². The predicted octanol–water partition coefficient (Wildman–Crippen LogP) is 3.99. The molecule has 0 aromatic heterocycles. The number of rotatable bonds is 5. The minimum atomic E-state index is -0.369. The molecular formula is C12H16BrClFN. The summed E-state index contributed by atoms with van der Waals surface area (Å²) in [7, 11) is 0. The fraction of sp³-hybridized carbons (Fsp3) is 0.500. The fourth-order valence-electron chi connectivity index (χ4n) is 1.37. The van der Waals surface area contributed by atoms with Crippen LogP contribution in [0.1, 0.15) is 19.4 Å². The van der Waals surface area contributed by atoms with Crippen molar-refractivity contribution in [1.29, 1.82) is 0 Å². The van der Waals surface area contributed by atoms with Gasteiger partial charge in [-0.3, -0.25) is 0 Å². The SMILES string of the molecule is CC(C)C(CBr)NCc1ccc(F)c(Cl)c1. The fourth-order valence-corrected chi connectivity index (χ4v) is 2.55.